The predicted molar refractivity (Wildman–Crippen MR) is 78.3 cm³/mol. The number of benzene rings is 1. The molecule has 1 amide bonds. The maximum absolute atomic E-state index is 12.2. The Kier molecular flexibility index (Phi) is 4.15. The number of aromatic nitrogens is 1. The van der Waals surface area contributed by atoms with Crippen molar-refractivity contribution in [1.29, 1.82) is 0 Å². The Balaban J connectivity index is 1.77. The van der Waals surface area contributed by atoms with E-state index in [0.717, 1.165) is 5.56 Å². The summed E-state index contributed by atoms with van der Waals surface area (Å²) in [7, 11) is 0. The van der Waals surface area contributed by atoms with Crippen LogP contribution in [0.1, 0.15) is 22.2 Å². The van der Waals surface area contributed by atoms with Gasteiger partial charge in [0.25, 0.3) is 5.91 Å². The summed E-state index contributed by atoms with van der Waals surface area (Å²) >= 11 is 5.96. The van der Waals surface area contributed by atoms with Crippen molar-refractivity contribution in [1.82, 2.24) is 4.98 Å². The molecule has 1 aliphatic rings. The van der Waals surface area contributed by atoms with Crippen molar-refractivity contribution >= 4 is 23.2 Å². The molecule has 0 unspecified atom stereocenters. The minimum Gasteiger partial charge on any atom is -0.346 e. The van der Waals surface area contributed by atoms with Gasteiger partial charge < -0.3 is 14.8 Å². The minimum absolute atomic E-state index is 0.284. The summed E-state index contributed by atoms with van der Waals surface area (Å²) in [6.07, 6.45) is 2.59. The van der Waals surface area contributed by atoms with Crippen molar-refractivity contribution in [2.24, 2.45) is 0 Å². The zero-order chi connectivity index (χ0) is 14.7. The lowest BCUT2D eigenvalue weighted by Gasteiger charge is -2.12. The van der Waals surface area contributed by atoms with Gasteiger partial charge in [-0.15, -0.1) is 0 Å². The summed E-state index contributed by atoms with van der Waals surface area (Å²) in [4.78, 5) is 16.0. The van der Waals surface area contributed by atoms with Crippen molar-refractivity contribution < 1.29 is 14.3 Å². The molecular formula is C15H13ClN2O3. The fourth-order valence-corrected chi connectivity index (χ4v) is 2.28. The maximum Gasteiger partial charge on any atom is 0.257 e. The van der Waals surface area contributed by atoms with Crippen LogP contribution < -0.4 is 5.32 Å². The first-order valence-corrected chi connectivity index (χ1v) is 6.86. The molecule has 0 spiro atoms. The molecule has 1 N–H and O–H groups in total. The Bertz CT molecular complexity index is 657. The lowest BCUT2D eigenvalue weighted by atomic mass is 10.2. The van der Waals surface area contributed by atoms with Gasteiger partial charge in [-0.25, -0.2) is 0 Å². The summed E-state index contributed by atoms with van der Waals surface area (Å²) in [5, 5.41) is 3.11. The van der Waals surface area contributed by atoms with Crippen molar-refractivity contribution in [2.45, 2.75) is 6.29 Å². The number of carbonyl (C=O) groups is 1. The molecule has 0 saturated carbocycles. The third kappa shape index (κ3) is 3.21. The number of hydrogen-bond acceptors (Lipinski definition) is 4. The van der Waals surface area contributed by atoms with E-state index in [-0.39, 0.29) is 12.2 Å². The second-order valence-corrected chi connectivity index (χ2v) is 4.92. The standard InChI is InChI=1S/C15H13ClN2O3/c16-13-9-17-5-4-12(13)14(19)18-11-3-1-2-10(8-11)15-20-6-7-21-15/h1-5,8-9,15H,6-7H2,(H,18,19). The van der Waals surface area contributed by atoms with E-state index in [1.54, 1.807) is 12.1 Å². The molecular weight excluding hydrogens is 292 g/mol. The van der Waals surface area contributed by atoms with Gasteiger partial charge in [-0.2, -0.15) is 0 Å². The highest BCUT2D eigenvalue weighted by atomic mass is 35.5. The van der Waals surface area contributed by atoms with E-state index in [4.69, 9.17) is 21.1 Å². The van der Waals surface area contributed by atoms with E-state index < -0.39 is 0 Å². The van der Waals surface area contributed by atoms with Crippen LogP contribution in [0.5, 0.6) is 0 Å². The number of nitrogens with zero attached hydrogens (tertiary/aromatic N) is 1. The summed E-state index contributed by atoms with van der Waals surface area (Å²) in [6.45, 7) is 1.15. The normalized spacial score (nSPS) is 15.1. The molecule has 1 fully saturated rings. The molecule has 0 aliphatic carbocycles. The van der Waals surface area contributed by atoms with Crippen LogP contribution in [0.2, 0.25) is 5.02 Å². The Hall–Kier alpha value is -1.95. The largest absolute Gasteiger partial charge is 0.346 e. The number of hydrogen-bond donors (Lipinski definition) is 1. The smallest absolute Gasteiger partial charge is 0.257 e. The van der Waals surface area contributed by atoms with Gasteiger partial charge in [0, 0.05) is 23.6 Å². The van der Waals surface area contributed by atoms with Crippen LogP contribution in [0.15, 0.2) is 42.7 Å². The van der Waals surface area contributed by atoms with Crippen molar-refractivity contribution in [3.8, 4) is 0 Å². The number of nitrogens with one attached hydrogen (secondary N) is 1. The van der Waals surface area contributed by atoms with Gasteiger partial charge in [0.1, 0.15) is 0 Å². The molecule has 6 heteroatoms. The molecule has 1 aromatic carbocycles. The van der Waals surface area contributed by atoms with E-state index in [1.807, 2.05) is 18.2 Å². The zero-order valence-electron chi connectivity index (χ0n) is 11.1. The van der Waals surface area contributed by atoms with Gasteiger partial charge in [0.05, 0.1) is 23.8 Å². The average Bonchev–Trinajstić information content (AvgIpc) is 3.02. The molecule has 1 saturated heterocycles. The number of rotatable bonds is 3. The summed E-state index contributed by atoms with van der Waals surface area (Å²) in [5.74, 6) is -0.284. The number of carbonyl (C=O) groups excluding carboxylic acids is 1. The SMILES string of the molecule is O=C(Nc1cccc(C2OCCO2)c1)c1ccncc1Cl. The van der Waals surface area contributed by atoms with Gasteiger partial charge in [0.15, 0.2) is 6.29 Å². The first-order chi connectivity index (χ1) is 10.2. The van der Waals surface area contributed by atoms with Gasteiger partial charge in [-0.05, 0) is 18.2 Å². The highest BCUT2D eigenvalue weighted by Gasteiger charge is 2.18. The van der Waals surface area contributed by atoms with E-state index in [0.29, 0.717) is 29.5 Å². The Labute approximate surface area is 126 Å². The molecule has 0 radical (unpaired) electrons. The lowest BCUT2D eigenvalue weighted by molar-refractivity contribution is -0.0440. The second kappa shape index (κ2) is 6.22. The number of anilines is 1. The molecule has 2 aromatic rings. The zero-order valence-corrected chi connectivity index (χ0v) is 11.8. The van der Waals surface area contributed by atoms with Crippen LogP contribution in [-0.4, -0.2) is 24.1 Å². The van der Waals surface area contributed by atoms with Crippen LogP contribution in [-0.2, 0) is 9.47 Å². The molecule has 1 aromatic heterocycles. The number of pyridine rings is 1. The fraction of sp³-hybridized carbons (Fsp3) is 0.200. The van der Waals surface area contributed by atoms with Crippen LogP contribution in [0.3, 0.4) is 0 Å². The van der Waals surface area contributed by atoms with Crippen molar-refractivity contribution in [3.63, 3.8) is 0 Å². The molecule has 108 valence electrons. The van der Waals surface area contributed by atoms with Crippen LogP contribution in [0, 0.1) is 0 Å². The molecule has 2 heterocycles. The highest BCUT2D eigenvalue weighted by Crippen LogP contribution is 2.25. The third-order valence-electron chi connectivity index (χ3n) is 3.06. The fourth-order valence-electron chi connectivity index (χ4n) is 2.07. The second-order valence-electron chi connectivity index (χ2n) is 4.51. The Morgan fingerprint density at radius 2 is 2.10 bits per heavy atom. The quantitative estimate of drug-likeness (QED) is 0.947. The van der Waals surface area contributed by atoms with Gasteiger partial charge in [-0.3, -0.25) is 9.78 Å². The molecule has 21 heavy (non-hydrogen) atoms. The van der Waals surface area contributed by atoms with E-state index in [1.165, 1.54) is 12.4 Å². The predicted octanol–water partition coefficient (Wildman–Crippen LogP) is 3.03. The van der Waals surface area contributed by atoms with Crippen molar-refractivity contribution in [2.75, 3.05) is 18.5 Å². The summed E-state index contributed by atoms with van der Waals surface area (Å²) in [6, 6.07) is 8.92. The minimum atomic E-state index is -0.369. The van der Waals surface area contributed by atoms with Gasteiger partial charge >= 0.3 is 0 Å². The van der Waals surface area contributed by atoms with E-state index in [9.17, 15) is 4.79 Å². The number of amides is 1. The monoisotopic (exact) mass is 304 g/mol. The highest BCUT2D eigenvalue weighted by molar-refractivity contribution is 6.34. The molecule has 3 rings (SSSR count). The van der Waals surface area contributed by atoms with Gasteiger partial charge in [0.2, 0.25) is 0 Å². The third-order valence-corrected chi connectivity index (χ3v) is 3.36. The summed E-state index contributed by atoms with van der Waals surface area (Å²) in [5.41, 5.74) is 1.90. The van der Waals surface area contributed by atoms with Crippen LogP contribution in [0.4, 0.5) is 5.69 Å². The van der Waals surface area contributed by atoms with Gasteiger partial charge in [-0.1, -0.05) is 23.7 Å². The topological polar surface area (TPSA) is 60.5 Å². The summed E-state index contributed by atoms with van der Waals surface area (Å²) < 4.78 is 10.9. The van der Waals surface area contributed by atoms with E-state index in [2.05, 4.69) is 10.3 Å². The Morgan fingerprint density at radius 3 is 2.86 bits per heavy atom. The maximum atomic E-state index is 12.2. The first-order valence-electron chi connectivity index (χ1n) is 6.48. The molecule has 0 atom stereocenters. The van der Waals surface area contributed by atoms with E-state index >= 15 is 0 Å². The van der Waals surface area contributed by atoms with Crippen LogP contribution >= 0.6 is 11.6 Å². The molecule has 0 bridgehead atoms. The molecule has 1 aliphatic heterocycles. The van der Waals surface area contributed by atoms with Crippen LogP contribution in [0.25, 0.3) is 0 Å². The lowest BCUT2D eigenvalue weighted by Crippen LogP contribution is -2.13. The average molecular weight is 305 g/mol. The number of halogens is 1. The first kappa shape index (κ1) is 14.0. The Morgan fingerprint density at radius 1 is 1.29 bits per heavy atom. The number of ether oxygens (including phenoxy) is 2. The van der Waals surface area contributed by atoms with Crippen molar-refractivity contribution in [3.05, 3.63) is 58.9 Å². The molecule has 5 nitrogen and oxygen atoms in total.